The number of aromatic nitrogens is 2. The Hall–Kier alpha value is -1.26. The van der Waals surface area contributed by atoms with Crippen LogP contribution in [0.5, 0.6) is 0 Å². The molecular formula is C15H21N3S. The van der Waals surface area contributed by atoms with Gasteiger partial charge < -0.3 is 5.73 Å². The van der Waals surface area contributed by atoms with Crippen molar-refractivity contribution in [3.05, 3.63) is 45.5 Å². The van der Waals surface area contributed by atoms with Gasteiger partial charge in [-0.15, -0.1) is 5.10 Å². The van der Waals surface area contributed by atoms with Crippen LogP contribution < -0.4 is 5.73 Å². The number of rotatable bonds is 5. The molecule has 2 aromatic rings. The normalized spacial score (nSPS) is 12.6. The highest BCUT2D eigenvalue weighted by molar-refractivity contribution is 7.05. The fourth-order valence-electron chi connectivity index (χ4n) is 2.26. The first kappa shape index (κ1) is 14.2. The monoisotopic (exact) mass is 275 g/mol. The number of benzene rings is 1. The number of nitrogens with zero attached hydrogens (tertiary/aromatic N) is 2. The second kappa shape index (κ2) is 6.26. The zero-order valence-electron chi connectivity index (χ0n) is 11.8. The average molecular weight is 275 g/mol. The van der Waals surface area contributed by atoms with Crippen molar-refractivity contribution in [2.75, 3.05) is 0 Å². The summed E-state index contributed by atoms with van der Waals surface area (Å²) in [7, 11) is 0. The Kier molecular flexibility index (Phi) is 4.66. The van der Waals surface area contributed by atoms with Crippen LogP contribution in [0, 0.1) is 13.8 Å². The smallest absolute Gasteiger partial charge is 0.0803 e. The zero-order chi connectivity index (χ0) is 13.8. The van der Waals surface area contributed by atoms with Crippen molar-refractivity contribution in [1.29, 1.82) is 0 Å². The molecule has 0 aliphatic heterocycles. The second-order valence-corrected chi connectivity index (χ2v) is 5.86. The highest BCUT2D eigenvalue weighted by Gasteiger charge is 2.16. The molecule has 2 rings (SSSR count). The van der Waals surface area contributed by atoms with Gasteiger partial charge in [0, 0.05) is 6.04 Å². The van der Waals surface area contributed by atoms with Crippen molar-refractivity contribution in [3.8, 4) is 0 Å². The van der Waals surface area contributed by atoms with Crippen molar-refractivity contribution in [2.45, 2.75) is 46.1 Å². The van der Waals surface area contributed by atoms with Crippen LogP contribution in [-0.2, 0) is 12.8 Å². The molecule has 1 atom stereocenters. The fraction of sp³-hybridized carbons (Fsp3) is 0.467. The van der Waals surface area contributed by atoms with Gasteiger partial charge in [-0.3, -0.25) is 0 Å². The lowest BCUT2D eigenvalue weighted by Crippen LogP contribution is -2.14. The van der Waals surface area contributed by atoms with Crippen LogP contribution >= 0.6 is 11.5 Å². The minimum Gasteiger partial charge on any atom is -0.323 e. The third-order valence-corrected chi connectivity index (χ3v) is 4.25. The summed E-state index contributed by atoms with van der Waals surface area (Å²) in [6, 6.07) is 6.53. The van der Waals surface area contributed by atoms with E-state index in [1.54, 1.807) is 0 Å². The van der Waals surface area contributed by atoms with Crippen molar-refractivity contribution in [3.63, 3.8) is 0 Å². The summed E-state index contributed by atoms with van der Waals surface area (Å²) >= 11 is 1.44. The molecule has 3 nitrogen and oxygen atoms in total. The minimum atomic E-state index is 0.00190. The largest absolute Gasteiger partial charge is 0.323 e. The molecule has 0 saturated carbocycles. The van der Waals surface area contributed by atoms with Gasteiger partial charge in [0.25, 0.3) is 0 Å². The summed E-state index contributed by atoms with van der Waals surface area (Å²) in [4.78, 5) is 1.14. The molecule has 4 heteroatoms. The van der Waals surface area contributed by atoms with Gasteiger partial charge in [0.2, 0.25) is 0 Å². The van der Waals surface area contributed by atoms with Gasteiger partial charge >= 0.3 is 0 Å². The van der Waals surface area contributed by atoms with E-state index in [0.29, 0.717) is 0 Å². The Morgan fingerprint density at radius 3 is 2.84 bits per heavy atom. The van der Waals surface area contributed by atoms with Crippen molar-refractivity contribution in [1.82, 2.24) is 9.59 Å². The van der Waals surface area contributed by atoms with Crippen molar-refractivity contribution < 1.29 is 0 Å². The molecule has 0 saturated heterocycles. The summed E-state index contributed by atoms with van der Waals surface area (Å²) in [6.45, 7) is 6.41. The second-order valence-electron chi connectivity index (χ2n) is 5.07. The zero-order valence-corrected chi connectivity index (χ0v) is 12.6. The lowest BCUT2D eigenvalue weighted by Gasteiger charge is -2.13. The summed E-state index contributed by atoms with van der Waals surface area (Å²) in [6.07, 6.45) is 2.90. The minimum absolute atomic E-state index is 0.00190. The highest BCUT2D eigenvalue weighted by Crippen LogP contribution is 2.24. The van der Waals surface area contributed by atoms with Crippen LogP contribution in [0.3, 0.4) is 0 Å². The van der Waals surface area contributed by atoms with Crippen molar-refractivity contribution in [2.24, 2.45) is 5.73 Å². The standard InChI is InChI=1S/C15H21N3S/c1-4-5-14-15(19-18-17-14)13(16)9-12-8-10(2)6-7-11(12)3/h6-8,13H,4-5,9,16H2,1-3H3. The average Bonchev–Trinajstić information content (AvgIpc) is 2.82. The van der Waals surface area contributed by atoms with Crippen molar-refractivity contribution >= 4 is 11.5 Å². The predicted octanol–water partition coefficient (Wildman–Crippen LogP) is 3.35. The quantitative estimate of drug-likeness (QED) is 0.910. The molecule has 1 heterocycles. The van der Waals surface area contributed by atoms with Crippen LogP contribution in [0.25, 0.3) is 0 Å². The molecule has 19 heavy (non-hydrogen) atoms. The maximum Gasteiger partial charge on any atom is 0.0803 e. The third-order valence-electron chi connectivity index (χ3n) is 3.35. The highest BCUT2D eigenvalue weighted by atomic mass is 32.1. The van der Waals surface area contributed by atoms with Gasteiger partial charge in [-0.05, 0) is 49.3 Å². The third kappa shape index (κ3) is 3.39. The van der Waals surface area contributed by atoms with E-state index in [0.717, 1.165) is 29.8 Å². The summed E-state index contributed by atoms with van der Waals surface area (Å²) < 4.78 is 4.06. The molecule has 1 unspecified atom stereocenters. The Morgan fingerprint density at radius 2 is 2.11 bits per heavy atom. The maximum absolute atomic E-state index is 6.35. The molecule has 0 aliphatic rings. The molecule has 0 radical (unpaired) electrons. The number of aryl methyl sites for hydroxylation is 3. The molecular weight excluding hydrogens is 254 g/mol. The van der Waals surface area contributed by atoms with Gasteiger partial charge in [-0.1, -0.05) is 41.6 Å². The van der Waals surface area contributed by atoms with Gasteiger partial charge in [0.15, 0.2) is 0 Å². The van der Waals surface area contributed by atoms with Crippen LogP contribution in [0.1, 0.15) is 46.6 Å². The molecule has 0 amide bonds. The van der Waals surface area contributed by atoms with E-state index in [9.17, 15) is 0 Å². The molecule has 0 spiro atoms. The topological polar surface area (TPSA) is 51.8 Å². The first-order chi connectivity index (χ1) is 9.11. The Bertz CT molecular complexity index is 548. The fourth-order valence-corrected chi connectivity index (χ4v) is 2.95. The van der Waals surface area contributed by atoms with E-state index in [4.69, 9.17) is 5.73 Å². The summed E-state index contributed by atoms with van der Waals surface area (Å²) in [5.74, 6) is 0. The van der Waals surface area contributed by atoms with E-state index >= 15 is 0 Å². The van der Waals surface area contributed by atoms with E-state index < -0.39 is 0 Å². The molecule has 1 aromatic heterocycles. The van der Waals surface area contributed by atoms with Crippen LogP contribution in [0.2, 0.25) is 0 Å². The first-order valence-electron chi connectivity index (χ1n) is 6.74. The lowest BCUT2D eigenvalue weighted by atomic mass is 9.98. The summed E-state index contributed by atoms with van der Waals surface area (Å²) in [5, 5.41) is 4.20. The Morgan fingerprint density at radius 1 is 1.32 bits per heavy atom. The molecule has 0 bridgehead atoms. The Labute approximate surface area is 119 Å². The number of nitrogens with two attached hydrogens (primary N) is 1. The number of hydrogen-bond acceptors (Lipinski definition) is 4. The van der Waals surface area contributed by atoms with E-state index in [1.807, 2.05) is 0 Å². The van der Waals surface area contributed by atoms with E-state index in [1.165, 1.54) is 28.2 Å². The van der Waals surface area contributed by atoms with E-state index in [2.05, 4.69) is 48.6 Å². The van der Waals surface area contributed by atoms with Gasteiger partial charge in [0.1, 0.15) is 0 Å². The molecule has 2 N–H and O–H groups in total. The number of hydrogen-bond donors (Lipinski definition) is 1. The SMILES string of the molecule is CCCc1nnsc1C(N)Cc1cc(C)ccc1C. The van der Waals surface area contributed by atoms with Crippen LogP contribution in [0.15, 0.2) is 18.2 Å². The van der Waals surface area contributed by atoms with Gasteiger partial charge in [0.05, 0.1) is 10.6 Å². The summed E-state index contributed by atoms with van der Waals surface area (Å²) in [5.41, 5.74) is 11.3. The Balaban J connectivity index is 2.18. The first-order valence-corrected chi connectivity index (χ1v) is 7.52. The van der Waals surface area contributed by atoms with E-state index in [-0.39, 0.29) is 6.04 Å². The maximum atomic E-state index is 6.35. The van der Waals surface area contributed by atoms with Gasteiger partial charge in [-0.2, -0.15) is 0 Å². The molecule has 0 fully saturated rings. The van der Waals surface area contributed by atoms with Crippen LogP contribution in [-0.4, -0.2) is 9.59 Å². The van der Waals surface area contributed by atoms with Crippen LogP contribution in [0.4, 0.5) is 0 Å². The molecule has 1 aromatic carbocycles. The molecule has 102 valence electrons. The lowest BCUT2D eigenvalue weighted by molar-refractivity contribution is 0.712. The van der Waals surface area contributed by atoms with Gasteiger partial charge in [-0.25, -0.2) is 0 Å². The predicted molar refractivity (Wildman–Crippen MR) is 80.5 cm³/mol. The molecule has 0 aliphatic carbocycles.